The number of hydrogen-bond donors (Lipinski definition) is 1. The van der Waals surface area contributed by atoms with Gasteiger partial charge in [0.2, 0.25) is 0 Å². The molecule has 1 aromatic rings. The molecule has 3 aliphatic rings. The van der Waals surface area contributed by atoms with Crippen molar-refractivity contribution >= 4 is 5.91 Å². The van der Waals surface area contributed by atoms with Gasteiger partial charge in [-0.3, -0.25) is 14.5 Å². The third-order valence-corrected chi connectivity index (χ3v) is 5.79. The molecule has 0 spiro atoms. The van der Waals surface area contributed by atoms with Crippen LogP contribution >= 0.6 is 0 Å². The van der Waals surface area contributed by atoms with Crippen molar-refractivity contribution in [3.63, 3.8) is 0 Å². The first kappa shape index (κ1) is 18.6. The third-order valence-electron chi connectivity index (χ3n) is 5.79. The van der Waals surface area contributed by atoms with Crippen LogP contribution in [0.3, 0.4) is 0 Å². The fraction of sp³-hybridized carbons (Fsp3) is 0.409. The van der Waals surface area contributed by atoms with Crippen molar-refractivity contribution in [1.29, 1.82) is 0 Å². The van der Waals surface area contributed by atoms with Crippen LogP contribution in [-0.2, 0) is 0 Å². The number of hydrogen-bond acceptors (Lipinski definition) is 4. The molecule has 1 aliphatic heterocycles. The van der Waals surface area contributed by atoms with Gasteiger partial charge in [-0.05, 0) is 25.2 Å². The predicted octanol–water partition coefficient (Wildman–Crippen LogP) is 2.31. The summed E-state index contributed by atoms with van der Waals surface area (Å²) < 4.78 is 0. The number of nitrogens with one attached hydrogen (secondary N) is 1. The number of rotatable bonds is 4. The Labute approximate surface area is 165 Å². The van der Waals surface area contributed by atoms with Crippen LogP contribution in [0.1, 0.15) is 29.6 Å². The molecule has 0 saturated carbocycles. The summed E-state index contributed by atoms with van der Waals surface area (Å²) in [6, 6.07) is 0.366. The maximum Gasteiger partial charge on any atom is 0.263 e. The minimum atomic E-state index is -0.376. The number of nitrogens with zero attached hydrogens (tertiary/aromatic N) is 3. The quantitative estimate of drug-likeness (QED) is 0.873. The number of piperazine rings is 1. The van der Waals surface area contributed by atoms with Gasteiger partial charge in [0.1, 0.15) is 5.56 Å². The number of aromatic amines is 1. The smallest absolute Gasteiger partial charge is 0.263 e. The first-order chi connectivity index (χ1) is 13.7. The minimum Gasteiger partial charge on any atom is -0.336 e. The lowest BCUT2D eigenvalue weighted by molar-refractivity contribution is 0.0558. The second-order valence-electron chi connectivity index (χ2n) is 7.49. The van der Waals surface area contributed by atoms with Crippen LogP contribution < -0.4 is 5.56 Å². The lowest BCUT2D eigenvalue weighted by Crippen LogP contribution is -2.54. The number of carbonyl (C=O) groups excluding carboxylic acids is 1. The first-order valence-electron chi connectivity index (χ1n) is 9.99. The Hall–Kier alpha value is -2.73. The summed E-state index contributed by atoms with van der Waals surface area (Å²) in [6.07, 6.45) is 21.4. The molecule has 0 bridgehead atoms. The molecule has 2 heterocycles. The zero-order chi connectivity index (χ0) is 19.3. The van der Waals surface area contributed by atoms with Crippen LogP contribution in [-0.4, -0.2) is 57.9 Å². The summed E-state index contributed by atoms with van der Waals surface area (Å²) in [5.74, 6) is 0.233. The molecule has 0 radical (unpaired) electrons. The molecule has 146 valence electrons. The zero-order valence-corrected chi connectivity index (χ0v) is 16.0. The van der Waals surface area contributed by atoms with Crippen molar-refractivity contribution in [3.8, 4) is 0 Å². The molecule has 6 nitrogen and oxygen atoms in total. The molecule has 2 aliphatic carbocycles. The van der Waals surface area contributed by atoms with Crippen molar-refractivity contribution in [2.75, 3.05) is 26.2 Å². The SMILES string of the molecule is O=C(c1cnc[nH]c1=O)N1CCN(C(C2=CC=CCC2)C2C=CC=CC2)CC1. The Bertz CT molecular complexity index is 888. The molecular weight excluding hydrogens is 352 g/mol. The van der Waals surface area contributed by atoms with Crippen LogP contribution in [0.5, 0.6) is 0 Å². The summed E-state index contributed by atoms with van der Waals surface area (Å²) in [6.45, 7) is 2.87. The average molecular weight is 378 g/mol. The van der Waals surface area contributed by atoms with Crippen molar-refractivity contribution in [2.24, 2.45) is 5.92 Å². The maximum atomic E-state index is 12.7. The first-order valence-corrected chi connectivity index (χ1v) is 9.99. The number of allylic oxidation sites excluding steroid dienone is 6. The number of amides is 1. The molecule has 1 fully saturated rings. The van der Waals surface area contributed by atoms with Crippen LogP contribution in [0.25, 0.3) is 0 Å². The van der Waals surface area contributed by atoms with Crippen molar-refractivity contribution < 1.29 is 4.79 Å². The Morgan fingerprint density at radius 2 is 2.00 bits per heavy atom. The van der Waals surface area contributed by atoms with Gasteiger partial charge in [0.25, 0.3) is 11.5 Å². The van der Waals surface area contributed by atoms with E-state index in [1.165, 1.54) is 18.1 Å². The summed E-state index contributed by atoms with van der Waals surface area (Å²) in [5, 5.41) is 0. The van der Waals surface area contributed by atoms with Crippen molar-refractivity contribution in [3.05, 3.63) is 76.5 Å². The lowest BCUT2D eigenvalue weighted by atomic mass is 9.83. The van der Waals surface area contributed by atoms with E-state index in [1.807, 2.05) is 0 Å². The molecule has 0 aromatic carbocycles. The van der Waals surface area contributed by atoms with Gasteiger partial charge in [0, 0.05) is 38.4 Å². The molecule has 2 atom stereocenters. The molecule has 1 aromatic heterocycles. The fourth-order valence-corrected chi connectivity index (χ4v) is 4.35. The van der Waals surface area contributed by atoms with E-state index in [1.54, 1.807) is 4.90 Å². The van der Waals surface area contributed by atoms with E-state index < -0.39 is 0 Å². The molecule has 4 rings (SSSR count). The van der Waals surface area contributed by atoms with Crippen LogP contribution in [0.15, 0.2) is 65.4 Å². The Morgan fingerprint density at radius 3 is 2.68 bits per heavy atom. The van der Waals surface area contributed by atoms with Crippen molar-refractivity contribution in [2.45, 2.75) is 25.3 Å². The molecule has 6 heteroatoms. The number of aromatic nitrogens is 2. The highest BCUT2D eigenvalue weighted by Gasteiger charge is 2.33. The van der Waals surface area contributed by atoms with E-state index in [4.69, 9.17) is 0 Å². The normalized spacial score (nSPS) is 23.5. The van der Waals surface area contributed by atoms with Gasteiger partial charge >= 0.3 is 0 Å². The lowest BCUT2D eigenvalue weighted by Gasteiger charge is -2.43. The predicted molar refractivity (Wildman–Crippen MR) is 109 cm³/mol. The van der Waals surface area contributed by atoms with Crippen LogP contribution in [0.4, 0.5) is 0 Å². The van der Waals surface area contributed by atoms with E-state index in [2.05, 4.69) is 57.4 Å². The summed E-state index contributed by atoms with van der Waals surface area (Å²) >= 11 is 0. The van der Waals surface area contributed by atoms with Gasteiger partial charge < -0.3 is 9.88 Å². The van der Waals surface area contributed by atoms with Gasteiger partial charge in [-0.25, -0.2) is 4.98 Å². The van der Waals surface area contributed by atoms with Gasteiger partial charge in [-0.1, -0.05) is 48.1 Å². The van der Waals surface area contributed by atoms with Gasteiger partial charge in [0.05, 0.1) is 6.33 Å². The monoisotopic (exact) mass is 378 g/mol. The zero-order valence-electron chi connectivity index (χ0n) is 16.0. The summed E-state index contributed by atoms with van der Waals surface area (Å²) in [5.41, 5.74) is 1.22. The average Bonchev–Trinajstić information content (AvgIpc) is 2.76. The minimum absolute atomic E-state index is 0.118. The van der Waals surface area contributed by atoms with E-state index >= 15 is 0 Å². The summed E-state index contributed by atoms with van der Waals surface area (Å²) in [7, 11) is 0. The highest BCUT2D eigenvalue weighted by molar-refractivity contribution is 5.93. The van der Waals surface area contributed by atoms with Crippen LogP contribution in [0, 0.1) is 5.92 Å². The van der Waals surface area contributed by atoms with Crippen molar-refractivity contribution in [1.82, 2.24) is 19.8 Å². The topological polar surface area (TPSA) is 69.3 Å². The fourth-order valence-electron chi connectivity index (χ4n) is 4.35. The number of carbonyl (C=O) groups is 1. The van der Waals surface area contributed by atoms with E-state index in [0.29, 0.717) is 25.0 Å². The molecule has 1 saturated heterocycles. The maximum absolute atomic E-state index is 12.7. The highest BCUT2D eigenvalue weighted by atomic mass is 16.2. The van der Waals surface area contributed by atoms with E-state index in [-0.39, 0.29) is 17.0 Å². The molecular formula is C22H26N4O2. The Morgan fingerprint density at radius 1 is 1.14 bits per heavy atom. The molecule has 28 heavy (non-hydrogen) atoms. The molecule has 2 unspecified atom stereocenters. The largest absolute Gasteiger partial charge is 0.336 e. The van der Waals surface area contributed by atoms with Crippen LogP contribution in [0.2, 0.25) is 0 Å². The van der Waals surface area contributed by atoms with E-state index in [0.717, 1.165) is 32.4 Å². The summed E-state index contributed by atoms with van der Waals surface area (Å²) in [4.78, 5) is 35.3. The van der Waals surface area contributed by atoms with Gasteiger partial charge in [-0.15, -0.1) is 0 Å². The van der Waals surface area contributed by atoms with E-state index in [9.17, 15) is 9.59 Å². The molecule has 1 amide bonds. The Balaban J connectivity index is 1.48. The standard InChI is InChI=1S/C22H26N4O2/c27-21-19(15-23-16-24-21)22(28)26-13-11-25(12-14-26)20(17-7-3-1-4-8-17)18-9-5-2-6-10-18/h1-5,7,9,15-17,20H,6,8,10-14H2,(H,23,24,27). The Kier molecular flexibility index (Phi) is 5.67. The second-order valence-corrected chi connectivity index (χ2v) is 7.49. The highest BCUT2D eigenvalue weighted by Crippen LogP contribution is 2.31. The van der Waals surface area contributed by atoms with Gasteiger partial charge in [-0.2, -0.15) is 0 Å². The third kappa shape index (κ3) is 3.92. The number of H-pyrrole nitrogens is 1. The van der Waals surface area contributed by atoms with Gasteiger partial charge in [0.15, 0.2) is 0 Å². The molecule has 1 N–H and O–H groups in total. The second kappa shape index (κ2) is 8.52.